The lowest BCUT2D eigenvalue weighted by molar-refractivity contribution is 0.130. The molecule has 0 saturated heterocycles. The Morgan fingerprint density at radius 1 is 1.24 bits per heavy atom. The molecule has 0 spiro atoms. The van der Waals surface area contributed by atoms with Gasteiger partial charge < -0.3 is 5.32 Å². The smallest absolute Gasteiger partial charge is 0.123 e. The topological polar surface area (TPSA) is 12.0 Å². The van der Waals surface area contributed by atoms with Gasteiger partial charge in [0.25, 0.3) is 0 Å². The molecule has 21 heavy (non-hydrogen) atoms. The third kappa shape index (κ3) is 3.85. The number of benzene rings is 1. The molecule has 118 valence electrons. The quantitative estimate of drug-likeness (QED) is 0.835. The number of rotatable bonds is 3. The van der Waals surface area contributed by atoms with Gasteiger partial charge in [0.15, 0.2) is 0 Å². The molecule has 1 saturated carbocycles. The first-order chi connectivity index (χ1) is 9.82. The zero-order valence-electron chi connectivity index (χ0n) is 14.2. The Bertz CT molecular complexity index is 475. The predicted molar refractivity (Wildman–Crippen MR) is 88.1 cm³/mol. The van der Waals surface area contributed by atoms with Crippen LogP contribution in [0.3, 0.4) is 0 Å². The van der Waals surface area contributed by atoms with Gasteiger partial charge in [-0.2, -0.15) is 0 Å². The van der Waals surface area contributed by atoms with E-state index in [9.17, 15) is 4.39 Å². The second-order valence-electron chi connectivity index (χ2n) is 7.80. The number of hydrogen-bond donors (Lipinski definition) is 1. The normalized spacial score (nSPS) is 26.9. The van der Waals surface area contributed by atoms with Crippen LogP contribution in [0.1, 0.15) is 57.1 Å². The SMILES string of the molecule is CNCC1CCC(C(C)(C)C)CC1c1cc(F)ccc1C. The van der Waals surface area contributed by atoms with Crippen LogP contribution in [-0.2, 0) is 0 Å². The first-order valence-electron chi connectivity index (χ1n) is 8.23. The molecule has 1 aromatic carbocycles. The molecule has 3 atom stereocenters. The average Bonchev–Trinajstić information content (AvgIpc) is 2.41. The maximum Gasteiger partial charge on any atom is 0.123 e. The highest BCUT2D eigenvalue weighted by atomic mass is 19.1. The number of hydrogen-bond acceptors (Lipinski definition) is 1. The van der Waals surface area contributed by atoms with Crippen molar-refractivity contribution >= 4 is 0 Å². The van der Waals surface area contributed by atoms with E-state index in [1.54, 1.807) is 12.1 Å². The molecule has 1 aliphatic carbocycles. The molecule has 0 heterocycles. The molecular weight excluding hydrogens is 261 g/mol. The van der Waals surface area contributed by atoms with Gasteiger partial charge in [0.05, 0.1) is 0 Å². The standard InChI is InChI=1S/C19H30FN/c1-13-6-9-16(20)11-17(13)18-10-15(19(2,3)4)8-7-14(18)12-21-5/h6,9,11,14-15,18,21H,7-8,10,12H2,1-5H3. The van der Waals surface area contributed by atoms with Gasteiger partial charge in [0.2, 0.25) is 0 Å². The summed E-state index contributed by atoms with van der Waals surface area (Å²) in [7, 11) is 2.02. The summed E-state index contributed by atoms with van der Waals surface area (Å²) in [6, 6.07) is 5.28. The molecule has 2 heteroatoms. The number of aryl methyl sites for hydroxylation is 1. The largest absolute Gasteiger partial charge is 0.319 e. The second-order valence-corrected chi connectivity index (χ2v) is 7.80. The molecule has 2 rings (SSSR count). The van der Waals surface area contributed by atoms with Crippen LogP contribution in [0.5, 0.6) is 0 Å². The minimum atomic E-state index is -0.100. The van der Waals surface area contributed by atoms with Crippen molar-refractivity contribution in [3.8, 4) is 0 Å². The minimum Gasteiger partial charge on any atom is -0.319 e. The van der Waals surface area contributed by atoms with Crippen LogP contribution < -0.4 is 5.32 Å². The summed E-state index contributed by atoms with van der Waals surface area (Å²) in [4.78, 5) is 0. The molecule has 0 radical (unpaired) electrons. The molecule has 0 aromatic heterocycles. The van der Waals surface area contributed by atoms with Crippen molar-refractivity contribution in [1.29, 1.82) is 0 Å². The summed E-state index contributed by atoms with van der Waals surface area (Å²) in [6.07, 6.45) is 3.71. The molecule has 0 amide bonds. The summed E-state index contributed by atoms with van der Waals surface area (Å²) in [6.45, 7) is 10.2. The molecule has 1 N–H and O–H groups in total. The van der Waals surface area contributed by atoms with Crippen LogP contribution in [0.15, 0.2) is 18.2 Å². The highest BCUT2D eigenvalue weighted by Crippen LogP contribution is 2.47. The molecule has 1 fully saturated rings. The summed E-state index contributed by atoms with van der Waals surface area (Å²) in [5, 5.41) is 3.33. The zero-order valence-corrected chi connectivity index (χ0v) is 14.2. The van der Waals surface area contributed by atoms with E-state index in [1.807, 2.05) is 13.1 Å². The lowest BCUT2D eigenvalue weighted by Crippen LogP contribution is -2.35. The average molecular weight is 291 g/mol. The Morgan fingerprint density at radius 2 is 1.95 bits per heavy atom. The van der Waals surface area contributed by atoms with E-state index in [1.165, 1.54) is 30.4 Å². The lowest BCUT2D eigenvalue weighted by atomic mass is 9.63. The maximum atomic E-state index is 13.7. The molecule has 0 bridgehead atoms. The Kier molecular flexibility index (Phi) is 5.08. The third-order valence-corrected chi connectivity index (χ3v) is 5.33. The first kappa shape index (κ1) is 16.5. The summed E-state index contributed by atoms with van der Waals surface area (Å²) < 4.78 is 13.7. The van der Waals surface area contributed by atoms with Crippen molar-refractivity contribution in [2.75, 3.05) is 13.6 Å². The minimum absolute atomic E-state index is 0.100. The molecular formula is C19H30FN. The van der Waals surface area contributed by atoms with Gasteiger partial charge in [-0.1, -0.05) is 26.8 Å². The van der Waals surface area contributed by atoms with Crippen LogP contribution in [0.4, 0.5) is 4.39 Å². The summed E-state index contributed by atoms with van der Waals surface area (Å²) in [5.41, 5.74) is 2.80. The van der Waals surface area contributed by atoms with Crippen LogP contribution >= 0.6 is 0 Å². The third-order valence-electron chi connectivity index (χ3n) is 5.33. The van der Waals surface area contributed by atoms with Crippen LogP contribution in [0.2, 0.25) is 0 Å². The van der Waals surface area contributed by atoms with Gasteiger partial charge in [-0.15, -0.1) is 0 Å². The zero-order chi connectivity index (χ0) is 15.6. The van der Waals surface area contributed by atoms with Crippen molar-refractivity contribution in [2.45, 2.75) is 52.9 Å². The number of nitrogens with one attached hydrogen (secondary N) is 1. The van der Waals surface area contributed by atoms with Gasteiger partial charge >= 0.3 is 0 Å². The predicted octanol–water partition coefficient (Wildman–Crippen LogP) is 4.90. The van der Waals surface area contributed by atoms with Crippen molar-refractivity contribution in [1.82, 2.24) is 5.32 Å². The van der Waals surface area contributed by atoms with E-state index >= 15 is 0 Å². The first-order valence-corrected chi connectivity index (χ1v) is 8.23. The fraction of sp³-hybridized carbons (Fsp3) is 0.684. The van der Waals surface area contributed by atoms with E-state index in [2.05, 4.69) is 33.0 Å². The van der Waals surface area contributed by atoms with E-state index in [-0.39, 0.29) is 5.82 Å². The van der Waals surface area contributed by atoms with Crippen molar-refractivity contribution in [3.05, 3.63) is 35.1 Å². The molecule has 0 aliphatic heterocycles. The highest BCUT2D eigenvalue weighted by Gasteiger charge is 2.36. The fourth-order valence-electron chi connectivity index (χ4n) is 3.92. The maximum absolute atomic E-state index is 13.7. The van der Waals surface area contributed by atoms with E-state index in [0.29, 0.717) is 17.3 Å². The highest BCUT2D eigenvalue weighted by molar-refractivity contribution is 5.31. The molecule has 1 aliphatic rings. The fourth-order valence-corrected chi connectivity index (χ4v) is 3.92. The Hall–Kier alpha value is -0.890. The van der Waals surface area contributed by atoms with Crippen molar-refractivity contribution < 1.29 is 4.39 Å². The Morgan fingerprint density at radius 3 is 2.57 bits per heavy atom. The van der Waals surface area contributed by atoms with Crippen molar-refractivity contribution in [3.63, 3.8) is 0 Å². The van der Waals surface area contributed by atoms with Gasteiger partial charge in [0.1, 0.15) is 5.82 Å². The molecule has 1 aromatic rings. The van der Waals surface area contributed by atoms with Crippen LogP contribution in [0, 0.1) is 30.0 Å². The van der Waals surface area contributed by atoms with Crippen molar-refractivity contribution in [2.24, 2.45) is 17.3 Å². The molecule has 1 nitrogen and oxygen atoms in total. The Balaban J connectivity index is 2.31. The second kappa shape index (κ2) is 6.48. The summed E-state index contributed by atoms with van der Waals surface area (Å²) >= 11 is 0. The summed E-state index contributed by atoms with van der Waals surface area (Å²) in [5.74, 6) is 1.72. The number of halogens is 1. The van der Waals surface area contributed by atoms with Gasteiger partial charge in [-0.05, 0) is 86.2 Å². The molecule has 3 unspecified atom stereocenters. The van der Waals surface area contributed by atoms with Crippen LogP contribution in [0.25, 0.3) is 0 Å². The van der Waals surface area contributed by atoms with E-state index < -0.39 is 0 Å². The van der Waals surface area contributed by atoms with Gasteiger partial charge in [-0.25, -0.2) is 4.39 Å². The Labute approximate surface area is 129 Å². The van der Waals surface area contributed by atoms with Gasteiger partial charge in [-0.3, -0.25) is 0 Å². The van der Waals surface area contributed by atoms with Gasteiger partial charge in [0, 0.05) is 0 Å². The lowest BCUT2D eigenvalue weighted by Gasteiger charge is -2.42. The van der Waals surface area contributed by atoms with E-state index in [0.717, 1.165) is 12.5 Å². The monoisotopic (exact) mass is 291 g/mol. The van der Waals surface area contributed by atoms with Crippen LogP contribution in [-0.4, -0.2) is 13.6 Å². The van der Waals surface area contributed by atoms with E-state index in [4.69, 9.17) is 0 Å².